The van der Waals surface area contributed by atoms with E-state index in [4.69, 9.17) is 24.8 Å². The van der Waals surface area contributed by atoms with E-state index >= 15 is 0 Å². The predicted molar refractivity (Wildman–Crippen MR) is 249 cm³/mol. The van der Waals surface area contributed by atoms with Gasteiger partial charge in [0.15, 0.2) is 6.10 Å². The fourth-order valence-corrected chi connectivity index (χ4v) is 7.06. The number of allylic oxidation sites excluding steroid dienone is 10. The number of hydrogen-bond acceptors (Lipinski definition) is 9. The van der Waals surface area contributed by atoms with Crippen molar-refractivity contribution in [3.8, 4) is 0 Å². The Hall–Kier alpha value is -2.82. The summed E-state index contributed by atoms with van der Waals surface area (Å²) in [4.78, 5) is 46.1. The highest BCUT2D eigenvalue weighted by atomic mass is 31.2. The fraction of sp³-hybridized carbons (Fsp3) is 0.735. The molecular formula is C49H86NO10P. The van der Waals surface area contributed by atoms with Crippen molar-refractivity contribution in [2.75, 3.05) is 19.8 Å². The molecule has 61 heavy (non-hydrogen) atoms. The Labute approximate surface area is 370 Å². The molecule has 3 atom stereocenters. The lowest BCUT2D eigenvalue weighted by Gasteiger charge is -2.20. The highest BCUT2D eigenvalue weighted by molar-refractivity contribution is 7.47. The van der Waals surface area contributed by atoms with Crippen LogP contribution in [0.4, 0.5) is 0 Å². The molecule has 0 fully saturated rings. The summed E-state index contributed by atoms with van der Waals surface area (Å²) < 4.78 is 32.8. The molecule has 0 aromatic carbocycles. The highest BCUT2D eigenvalue weighted by Crippen LogP contribution is 2.43. The van der Waals surface area contributed by atoms with Gasteiger partial charge in [0.25, 0.3) is 0 Å². The van der Waals surface area contributed by atoms with Gasteiger partial charge in [-0.05, 0) is 77.0 Å². The van der Waals surface area contributed by atoms with Gasteiger partial charge in [0, 0.05) is 12.8 Å². The molecule has 0 bridgehead atoms. The van der Waals surface area contributed by atoms with Crippen LogP contribution in [0, 0.1) is 0 Å². The molecule has 0 aliphatic heterocycles. The van der Waals surface area contributed by atoms with Crippen molar-refractivity contribution in [3.63, 3.8) is 0 Å². The Kier molecular flexibility index (Phi) is 41.8. The first-order valence-electron chi connectivity index (χ1n) is 23.8. The number of phosphoric acid groups is 1. The number of rotatable bonds is 44. The number of carbonyl (C=O) groups is 3. The van der Waals surface area contributed by atoms with E-state index in [1.165, 1.54) is 70.6 Å². The maximum absolute atomic E-state index is 12.7. The molecule has 0 spiro atoms. The van der Waals surface area contributed by atoms with E-state index in [0.29, 0.717) is 12.8 Å². The number of hydrogen-bond donors (Lipinski definition) is 3. The molecular weight excluding hydrogens is 794 g/mol. The number of phosphoric ester groups is 1. The standard InChI is InChI=1S/C49H86NO10P/c1-3-5-7-9-11-13-15-17-19-20-21-22-23-24-25-26-27-29-31-33-35-37-39-41-48(52)60-45(43-58-61(55,56)59-44-46(50)49(53)54)42-57-47(51)40-38-36-34-32-30-28-18-16-14-12-10-8-6-4-2/h5,7,11,13,16-19,21-22,45-46H,3-4,6,8-10,12,14-15,20,23-44,50H2,1-2H3,(H,53,54)(H,55,56)/b7-5-,13-11-,18-16-,19-17-,22-21-. The molecule has 0 aliphatic rings. The van der Waals surface area contributed by atoms with Crippen molar-refractivity contribution in [1.29, 1.82) is 0 Å². The molecule has 4 N–H and O–H groups in total. The van der Waals surface area contributed by atoms with Gasteiger partial charge in [0.1, 0.15) is 12.6 Å². The largest absolute Gasteiger partial charge is 0.480 e. The van der Waals surface area contributed by atoms with Gasteiger partial charge < -0.3 is 25.2 Å². The molecule has 0 aliphatic carbocycles. The summed E-state index contributed by atoms with van der Waals surface area (Å²) in [6.07, 6.45) is 51.4. The van der Waals surface area contributed by atoms with Crippen LogP contribution < -0.4 is 5.73 Å². The van der Waals surface area contributed by atoms with Crippen LogP contribution in [0.2, 0.25) is 0 Å². The maximum atomic E-state index is 12.7. The Morgan fingerprint density at radius 1 is 0.525 bits per heavy atom. The van der Waals surface area contributed by atoms with Crippen LogP contribution in [0.25, 0.3) is 0 Å². The lowest BCUT2D eigenvalue weighted by Crippen LogP contribution is -2.34. The Morgan fingerprint density at radius 3 is 1.39 bits per heavy atom. The summed E-state index contributed by atoms with van der Waals surface area (Å²) in [5, 5.41) is 8.90. The molecule has 0 rings (SSSR count). The van der Waals surface area contributed by atoms with Crippen molar-refractivity contribution in [1.82, 2.24) is 0 Å². The van der Waals surface area contributed by atoms with Gasteiger partial charge in [-0.3, -0.25) is 23.4 Å². The number of ether oxygens (including phenoxy) is 2. The second-order valence-electron chi connectivity index (χ2n) is 15.9. The van der Waals surface area contributed by atoms with E-state index in [-0.39, 0.29) is 19.4 Å². The first kappa shape index (κ1) is 58.2. The molecule has 0 saturated heterocycles. The van der Waals surface area contributed by atoms with Crippen LogP contribution in [-0.2, 0) is 37.5 Å². The highest BCUT2D eigenvalue weighted by Gasteiger charge is 2.28. The van der Waals surface area contributed by atoms with Crippen LogP contribution in [0.5, 0.6) is 0 Å². The van der Waals surface area contributed by atoms with Gasteiger partial charge in [-0.25, -0.2) is 4.57 Å². The Balaban J connectivity index is 4.28. The number of esters is 2. The number of carbonyl (C=O) groups excluding carboxylic acids is 2. The van der Waals surface area contributed by atoms with Gasteiger partial charge in [0.2, 0.25) is 0 Å². The Morgan fingerprint density at radius 2 is 0.918 bits per heavy atom. The third kappa shape index (κ3) is 43.6. The second-order valence-corrected chi connectivity index (χ2v) is 17.3. The first-order valence-corrected chi connectivity index (χ1v) is 25.3. The van der Waals surface area contributed by atoms with Crippen LogP contribution in [0.1, 0.15) is 200 Å². The van der Waals surface area contributed by atoms with E-state index in [1.54, 1.807) is 0 Å². The molecule has 3 unspecified atom stereocenters. The lowest BCUT2D eigenvalue weighted by molar-refractivity contribution is -0.161. The first-order chi connectivity index (χ1) is 29.6. The van der Waals surface area contributed by atoms with E-state index in [2.05, 4.69) is 79.1 Å². The molecule has 0 aromatic rings. The number of aliphatic carboxylic acids is 1. The molecule has 0 saturated carbocycles. The van der Waals surface area contributed by atoms with Crippen LogP contribution in [0.15, 0.2) is 60.8 Å². The van der Waals surface area contributed by atoms with Gasteiger partial charge in [-0.15, -0.1) is 0 Å². The minimum Gasteiger partial charge on any atom is -0.480 e. The zero-order chi connectivity index (χ0) is 44.9. The molecule has 12 heteroatoms. The van der Waals surface area contributed by atoms with E-state index in [0.717, 1.165) is 89.9 Å². The smallest absolute Gasteiger partial charge is 0.472 e. The molecule has 11 nitrogen and oxygen atoms in total. The Bertz CT molecular complexity index is 1260. The maximum Gasteiger partial charge on any atom is 0.472 e. The van der Waals surface area contributed by atoms with Crippen molar-refractivity contribution in [2.45, 2.75) is 212 Å². The minimum atomic E-state index is -4.72. The quantitative estimate of drug-likeness (QED) is 0.0230. The SMILES string of the molecule is CC/C=C\C/C=C\C/C=C\C/C=C\CCCCCCCCCCCCC(=O)OC(COC(=O)CCCCCCC/C=C\CCCCCCC)COP(=O)(O)OCC(N)C(=O)O. The third-order valence-electron chi connectivity index (χ3n) is 10.00. The number of carboxylic acid groups (broad SMARTS) is 1. The van der Waals surface area contributed by atoms with Gasteiger partial charge in [0.05, 0.1) is 13.2 Å². The lowest BCUT2D eigenvalue weighted by atomic mass is 10.0. The minimum absolute atomic E-state index is 0.152. The predicted octanol–water partition coefficient (Wildman–Crippen LogP) is 13.1. The van der Waals surface area contributed by atoms with Gasteiger partial charge in [-0.2, -0.15) is 0 Å². The number of unbranched alkanes of at least 4 members (excludes halogenated alkanes) is 20. The topological polar surface area (TPSA) is 172 Å². The molecule has 352 valence electrons. The zero-order valence-corrected chi connectivity index (χ0v) is 39.1. The van der Waals surface area contributed by atoms with E-state index < -0.39 is 51.1 Å². The van der Waals surface area contributed by atoms with Crippen molar-refractivity contribution < 1.29 is 47.5 Å². The summed E-state index contributed by atoms with van der Waals surface area (Å²) in [6, 6.07) is -1.53. The van der Waals surface area contributed by atoms with Crippen molar-refractivity contribution >= 4 is 25.7 Å². The zero-order valence-electron chi connectivity index (χ0n) is 38.2. The fourth-order valence-electron chi connectivity index (χ4n) is 6.29. The molecule has 0 aromatic heterocycles. The summed E-state index contributed by atoms with van der Waals surface area (Å²) in [7, 11) is -4.72. The summed E-state index contributed by atoms with van der Waals surface area (Å²) in [6.45, 7) is 2.68. The van der Waals surface area contributed by atoms with Crippen LogP contribution >= 0.6 is 7.82 Å². The van der Waals surface area contributed by atoms with Crippen molar-refractivity contribution in [3.05, 3.63) is 60.8 Å². The molecule has 0 radical (unpaired) electrons. The van der Waals surface area contributed by atoms with Gasteiger partial charge in [-0.1, -0.05) is 171 Å². The van der Waals surface area contributed by atoms with Crippen LogP contribution in [0.3, 0.4) is 0 Å². The second kappa shape index (κ2) is 43.8. The van der Waals surface area contributed by atoms with E-state index in [1.807, 2.05) is 0 Å². The summed E-state index contributed by atoms with van der Waals surface area (Å²) >= 11 is 0. The summed E-state index contributed by atoms with van der Waals surface area (Å²) in [5.74, 6) is -2.39. The number of carboxylic acids is 1. The van der Waals surface area contributed by atoms with Crippen LogP contribution in [-0.4, -0.2) is 59.9 Å². The normalized spacial score (nSPS) is 14.2. The molecule has 0 amide bonds. The molecule has 0 heterocycles. The van der Waals surface area contributed by atoms with Gasteiger partial charge >= 0.3 is 25.7 Å². The van der Waals surface area contributed by atoms with Crippen molar-refractivity contribution in [2.24, 2.45) is 5.73 Å². The number of nitrogens with two attached hydrogens (primary N) is 1. The monoisotopic (exact) mass is 880 g/mol. The summed E-state index contributed by atoms with van der Waals surface area (Å²) in [5.41, 5.74) is 5.34. The average molecular weight is 880 g/mol. The third-order valence-corrected chi connectivity index (χ3v) is 11.0. The average Bonchev–Trinajstić information content (AvgIpc) is 3.24. The van der Waals surface area contributed by atoms with E-state index in [9.17, 15) is 23.8 Å².